The third-order valence-electron chi connectivity index (χ3n) is 6.32. The Kier molecular flexibility index (Phi) is 7.24. The Morgan fingerprint density at radius 2 is 2.06 bits per heavy atom. The van der Waals surface area contributed by atoms with Gasteiger partial charge in [-0.3, -0.25) is 9.48 Å². The molecule has 2 saturated heterocycles. The van der Waals surface area contributed by atoms with Gasteiger partial charge in [-0.2, -0.15) is 23.3 Å². The second kappa shape index (κ2) is 10.2. The lowest BCUT2D eigenvalue weighted by molar-refractivity contribution is -0.137. The lowest BCUT2D eigenvalue weighted by atomic mass is 10.1. The van der Waals surface area contributed by atoms with Crippen molar-refractivity contribution in [2.24, 2.45) is 0 Å². The predicted octanol–water partition coefficient (Wildman–Crippen LogP) is 3.44. The van der Waals surface area contributed by atoms with E-state index in [1.807, 2.05) is 17.8 Å². The lowest BCUT2D eigenvalue weighted by Gasteiger charge is -2.26. The molecule has 2 aliphatic rings. The Hall–Kier alpha value is -2.89. The fourth-order valence-electron chi connectivity index (χ4n) is 4.40. The first-order valence-corrected chi connectivity index (χ1v) is 11.7. The van der Waals surface area contributed by atoms with Crippen molar-refractivity contribution in [2.45, 2.75) is 51.2 Å². The van der Waals surface area contributed by atoms with Gasteiger partial charge in [0.05, 0.1) is 17.4 Å². The molecule has 0 bridgehead atoms. The van der Waals surface area contributed by atoms with Gasteiger partial charge in [0, 0.05) is 45.0 Å². The molecule has 2 aromatic rings. The summed E-state index contributed by atoms with van der Waals surface area (Å²) in [6.07, 6.45) is 1.98. The van der Waals surface area contributed by atoms with E-state index >= 15 is 0 Å². The molecule has 1 atom stereocenters. The summed E-state index contributed by atoms with van der Waals surface area (Å²) in [4.78, 5) is 23.9. The summed E-state index contributed by atoms with van der Waals surface area (Å²) < 4.78 is 42.5. The number of hydrogen-bond donors (Lipinski definition) is 2. The van der Waals surface area contributed by atoms with Gasteiger partial charge in [-0.25, -0.2) is 4.98 Å². The number of piperidine rings is 1. The maximum Gasteiger partial charge on any atom is 0.421 e. The van der Waals surface area contributed by atoms with Gasteiger partial charge in [0.25, 0.3) is 0 Å². The minimum Gasteiger partial charge on any atom is -0.369 e. The fourth-order valence-corrected chi connectivity index (χ4v) is 4.40. The molecule has 0 saturated carbocycles. The van der Waals surface area contributed by atoms with Gasteiger partial charge in [-0.05, 0) is 46.2 Å². The van der Waals surface area contributed by atoms with Crippen LogP contribution in [0, 0.1) is 6.92 Å². The van der Waals surface area contributed by atoms with Gasteiger partial charge in [0.1, 0.15) is 11.4 Å². The third kappa shape index (κ3) is 5.78. The molecule has 186 valence electrons. The number of aromatic nitrogens is 4. The summed E-state index contributed by atoms with van der Waals surface area (Å²) in [5.41, 5.74) is 0.455. The molecule has 1 unspecified atom stereocenters. The van der Waals surface area contributed by atoms with Crippen LogP contribution in [0.5, 0.6) is 0 Å². The number of carbonyl (C=O) groups excluding carboxylic acids is 1. The smallest absolute Gasteiger partial charge is 0.369 e. The second-order valence-electron chi connectivity index (χ2n) is 9.01. The highest BCUT2D eigenvalue weighted by atomic mass is 19.4. The van der Waals surface area contributed by atoms with Gasteiger partial charge in [-0.15, -0.1) is 0 Å². The first-order valence-electron chi connectivity index (χ1n) is 11.7. The van der Waals surface area contributed by atoms with E-state index in [9.17, 15) is 18.0 Å². The van der Waals surface area contributed by atoms with E-state index in [0.717, 1.165) is 44.2 Å². The number of hydrogen-bond acceptors (Lipinski definition) is 7. The van der Waals surface area contributed by atoms with Gasteiger partial charge in [0.15, 0.2) is 0 Å². The van der Waals surface area contributed by atoms with Crippen molar-refractivity contribution >= 4 is 23.4 Å². The summed E-state index contributed by atoms with van der Waals surface area (Å²) in [7, 11) is 2.06. The average Bonchev–Trinajstić information content (AvgIpc) is 3.37. The van der Waals surface area contributed by atoms with Crippen LogP contribution in [-0.4, -0.2) is 75.2 Å². The van der Waals surface area contributed by atoms with Gasteiger partial charge in [0.2, 0.25) is 11.9 Å². The molecule has 9 nitrogen and oxygen atoms in total. The van der Waals surface area contributed by atoms with Crippen LogP contribution in [0.4, 0.5) is 30.6 Å². The number of carbonyl (C=O) groups is 1. The van der Waals surface area contributed by atoms with E-state index in [1.165, 1.54) is 0 Å². The zero-order chi connectivity index (χ0) is 24.3. The van der Waals surface area contributed by atoms with E-state index in [-0.39, 0.29) is 30.3 Å². The Morgan fingerprint density at radius 3 is 2.76 bits per heavy atom. The van der Waals surface area contributed by atoms with Gasteiger partial charge < -0.3 is 20.4 Å². The van der Waals surface area contributed by atoms with Crippen molar-refractivity contribution < 1.29 is 18.0 Å². The molecule has 0 aliphatic carbocycles. The summed E-state index contributed by atoms with van der Waals surface area (Å²) in [6.45, 7) is 5.21. The first kappa shape index (κ1) is 24.2. The normalized spacial score (nSPS) is 19.6. The lowest BCUT2D eigenvalue weighted by Crippen LogP contribution is -2.36. The summed E-state index contributed by atoms with van der Waals surface area (Å²) in [5.74, 6) is -0.110. The van der Waals surface area contributed by atoms with Crippen LogP contribution in [0.2, 0.25) is 0 Å². The van der Waals surface area contributed by atoms with Crippen molar-refractivity contribution in [1.82, 2.24) is 29.5 Å². The van der Waals surface area contributed by atoms with Crippen LogP contribution in [-0.2, 0) is 11.0 Å². The van der Waals surface area contributed by atoms with Gasteiger partial charge in [-0.1, -0.05) is 0 Å². The van der Waals surface area contributed by atoms with E-state index in [4.69, 9.17) is 0 Å². The third-order valence-corrected chi connectivity index (χ3v) is 6.32. The molecule has 4 rings (SSSR count). The number of rotatable bonds is 8. The van der Waals surface area contributed by atoms with Crippen LogP contribution >= 0.6 is 0 Å². The monoisotopic (exact) mass is 480 g/mol. The van der Waals surface area contributed by atoms with Crippen LogP contribution in [0.3, 0.4) is 0 Å². The number of alkyl halides is 3. The Balaban J connectivity index is 1.43. The van der Waals surface area contributed by atoms with Crippen LogP contribution in [0.25, 0.3) is 0 Å². The maximum absolute atomic E-state index is 13.5. The zero-order valence-corrected chi connectivity index (χ0v) is 19.5. The van der Waals surface area contributed by atoms with Crippen LogP contribution < -0.4 is 10.6 Å². The minimum absolute atomic E-state index is 0.0629. The van der Waals surface area contributed by atoms with E-state index in [0.29, 0.717) is 31.6 Å². The number of nitrogens with one attached hydrogen (secondary N) is 2. The molecule has 1 amide bonds. The van der Waals surface area contributed by atoms with Crippen molar-refractivity contribution in [3.05, 3.63) is 23.7 Å². The van der Waals surface area contributed by atoms with Gasteiger partial charge >= 0.3 is 6.18 Å². The molecule has 34 heavy (non-hydrogen) atoms. The van der Waals surface area contributed by atoms with E-state index in [1.54, 1.807) is 4.90 Å². The number of anilines is 3. The highest BCUT2D eigenvalue weighted by Crippen LogP contribution is 2.34. The standard InChI is InChI=1S/C22H31F3N8O/c1-15-18(14-33(30-15)16-7-11-31(2)13-16)28-21-27-12-17(22(23,24)25)20(29-21)26-8-5-10-32-9-4-3-6-19(32)34/h12,14,16H,3-11,13H2,1-2H3,(H2,26,27,28,29). The maximum atomic E-state index is 13.5. The topological polar surface area (TPSA) is 91.2 Å². The Bertz CT molecular complexity index is 1010. The molecule has 2 aromatic heterocycles. The SMILES string of the molecule is Cc1nn(C2CCN(C)C2)cc1Nc1ncc(C(F)(F)F)c(NCCCN2CCCCC2=O)n1. The summed E-state index contributed by atoms with van der Waals surface area (Å²) >= 11 is 0. The van der Waals surface area contributed by atoms with Crippen LogP contribution in [0.1, 0.15) is 49.4 Å². The molecule has 0 spiro atoms. The van der Waals surface area contributed by atoms with Crippen LogP contribution in [0.15, 0.2) is 12.4 Å². The Morgan fingerprint density at radius 1 is 1.24 bits per heavy atom. The number of aryl methyl sites for hydroxylation is 1. The number of amides is 1. The average molecular weight is 481 g/mol. The molecular weight excluding hydrogens is 449 g/mol. The highest BCUT2D eigenvalue weighted by molar-refractivity contribution is 5.76. The first-order chi connectivity index (χ1) is 16.2. The summed E-state index contributed by atoms with van der Waals surface area (Å²) in [5, 5.41) is 10.4. The molecular formula is C22H31F3N8O. The number of halogens is 3. The zero-order valence-electron chi connectivity index (χ0n) is 19.5. The summed E-state index contributed by atoms with van der Waals surface area (Å²) in [6, 6.07) is 0.261. The fraction of sp³-hybridized carbons (Fsp3) is 0.636. The van der Waals surface area contributed by atoms with Crippen molar-refractivity contribution in [3.8, 4) is 0 Å². The number of likely N-dealkylation sites (N-methyl/N-ethyl adjacent to an activating group) is 1. The largest absolute Gasteiger partial charge is 0.421 e. The predicted molar refractivity (Wildman–Crippen MR) is 122 cm³/mol. The number of nitrogens with zero attached hydrogens (tertiary/aromatic N) is 6. The highest BCUT2D eigenvalue weighted by Gasteiger charge is 2.35. The molecule has 0 radical (unpaired) electrons. The van der Waals surface area contributed by atoms with E-state index < -0.39 is 11.7 Å². The molecule has 4 heterocycles. The minimum atomic E-state index is -4.58. The number of likely N-dealkylation sites (tertiary alicyclic amines) is 2. The van der Waals surface area contributed by atoms with Crippen molar-refractivity contribution in [1.29, 1.82) is 0 Å². The Labute approximate surface area is 196 Å². The second-order valence-corrected chi connectivity index (χ2v) is 9.01. The molecule has 12 heteroatoms. The molecule has 2 N–H and O–H groups in total. The van der Waals surface area contributed by atoms with E-state index in [2.05, 4.69) is 37.6 Å². The molecule has 0 aromatic carbocycles. The quantitative estimate of drug-likeness (QED) is 0.560. The van der Waals surface area contributed by atoms with Crippen molar-refractivity contribution in [2.75, 3.05) is 50.4 Å². The molecule has 2 aliphatic heterocycles. The molecule has 2 fully saturated rings. The van der Waals surface area contributed by atoms with Crippen molar-refractivity contribution in [3.63, 3.8) is 0 Å².